The first-order valence-electron chi connectivity index (χ1n) is 7.46. The lowest BCUT2D eigenvalue weighted by Gasteiger charge is -2.41. The summed E-state index contributed by atoms with van der Waals surface area (Å²) in [4.78, 5) is 2.30. The molecule has 3 heteroatoms. The average molecular weight is 284 g/mol. The molecule has 3 rings (SSSR count). The second-order valence-corrected chi connectivity index (χ2v) is 5.82. The summed E-state index contributed by atoms with van der Waals surface area (Å²) in [6, 6.07) is 16.6. The van der Waals surface area contributed by atoms with Gasteiger partial charge in [0.25, 0.3) is 0 Å². The minimum atomic E-state index is -0.134. The van der Waals surface area contributed by atoms with Crippen molar-refractivity contribution in [2.24, 2.45) is 0 Å². The van der Waals surface area contributed by atoms with E-state index in [1.807, 2.05) is 18.2 Å². The molecule has 1 N–H and O–H groups in total. The molecule has 0 saturated carbocycles. The zero-order chi connectivity index (χ0) is 14.8. The Kier molecular flexibility index (Phi) is 3.93. The molecule has 110 valence electrons. The molecule has 1 heterocycles. The zero-order valence-corrected chi connectivity index (χ0v) is 12.5. The lowest BCUT2D eigenvalue weighted by atomic mass is 10.00. The summed E-state index contributed by atoms with van der Waals surface area (Å²) in [5, 5.41) is 3.52. The van der Waals surface area contributed by atoms with Crippen LogP contribution < -0.4 is 10.2 Å². The standard InChI is InChI=1S/C18H21FN2/c1-13-8-9-16(10-17(13)19)21-12-14(2)20-11-18(21)15-6-4-3-5-7-15/h3-10,14,18,20H,11-12H2,1-2H3. The molecule has 2 unspecified atom stereocenters. The zero-order valence-electron chi connectivity index (χ0n) is 12.5. The van der Waals surface area contributed by atoms with Gasteiger partial charge in [0.2, 0.25) is 0 Å². The number of nitrogens with one attached hydrogen (secondary N) is 1. The van der Waals surface area contributed by atoms with Crippen LogP contribution in [0.2, 0.25) is 0 Å². The van der Waals surface area contributed by atoms with Gasteiger partial charge in [-0.25, -0.2) is 4.39 Å². The first-order valence-corrected chi connectivity index (χ1v) is 7.46. The average Bonchev–Trinajstić information content (AvgIpc) is 2.51. The molecular formula is C18H21FN2. The van der Waals surface area contributed by atoms with E-state index in [0.29, 0.717) is 11.6 Å². The number of hydrogen-bond donors (Lipinski definition) is 1. The van der Waals surface area contributed by atoms with Gasteiger partial charge in [-0.05, 0) is 37.1 Å². The molecule has 0 bridgehead atoms. The number of halogens is 1. The van der Waals surface area contributed by atoms with E-state index in [2.05, 4.69) is 41.4 Å². The predicted molar refractivity (Wildman–Crippen MR) is 85.1 cm³/mol. The Morgan fingerprint density at radius 3 is 2.62 bits per heavy atom. The topological polar surface area (TPSA) is 15.3 Å². The number of aryl methyl sites for hydroxylation is 1. The van der Waals surface area contributed by atoms with E-state index >= 15 is 0 Å². The maximum atomic E-state index is 13.9. The van der Waals surface area contributed by atoms with E-state index in [0.717, 1.165) is 18.8 Å². The van der Waals surface area contributed by atoms with Crippen molar-refractivity contribution in [1.82, 2.24) is 5.32 Å². The molecule has 0 radical (unpaired) electrons. The van der Waals surface area contributed by atoms with Gasteiger partial charge < -0.3 is 10.2 Å². The van der Waals surface area contributed by atoms with Gasteiger partial charge in [0.05, 0.1) is 6.04 Å². The molecule has 0 aromatic heterocycles. The SMILES string of the molecule is Cc1ccc(N2CC(C)NCC2c2ccccc2)cc1F. The minimum absolute atomic E-state index is 0.134. The van der Waals surface area contributed by atoms with Crippen LogP contribution in [0.15, 0.2) is 48.5 Å². The normalized spacial score (nSPS) is 22.3. The van der Waals surface area contributed by atoms with Gasteiger partial charge in [0, 0.05) is 24.8 Å². The Morgan fingerprint density at radius 2 is 1.90 bits per heavy atom. The first kappa shape index (κ1) is 14.1. The first-order chi connectivity index (χ1) is 10.1. The Bertz CT molecular complexity index is 612. The third-order valence-electron chi connectivity index (χ3n) is 4.18. The quantitative estimate of drug-likeness (QED) is 0.905. The van der Waals surface area contributed by atoms with Crippen molar-refractivity contribution in [3.8, 4) is 0 Å². The maximum absolute atomic E-state index is 13.9. The van der Waals surface area contributed by atoms with Crippen molar-refractivity contribution < 1.29 is 4.39 Å². The van der Waals surface area contributed by atoms with Crippen LogP contribution in [0, 0.1) is 12.7 Å². The van der Waals surface area contributed by atoms with Crippen LogP contribution in [0.5, 0.6) is 0 Å². The van der Waals surface area contributed by atoms with Crippen LogP contribution in [0.3, 0.4) is 0 Å². The molecule has 1 saturated heterocycles. The van der Waals surface area contributed by atoms with E-state index in [9.17, 15) is 4.39 Å². The van der Waals surface area contributed by atoms with Gasteiger partial charge in [-0.15, -0.1) is 0 Å². The smallest absolute Gasteiger partial charge is 0.128 e. The summed E-state index contributed by atoms with van der Waals surface area (Å²) in [5.74, 6) is -0.134. The van der Waals surface area contributed by atoms with Gasteiger partial charge >= 0.3 is 0 Å². The lowest BCUT2D eigenvalue weighted by molar-refractivity contribution is 0.416. The molecule has 0 aliphatic carbocycles. The predicted octanol–water partition coefficient (Wildman–Crippen LogP) is 3.67. The van der Waals surface area contributed by atoms with E-state index in [1.165, 1.54) is 5.56 Å². The number of rotatable bonds is 2. The van der Waals surface area contributed by atoms with Crippen molar-refractivity contribution in [2.75, 3.05) is 18.0 Å². The van der Waals surface area contributed by atoms with E-state index in [4.69, 9.17) is 0 Å². The second-order valence-electron chi connectivity index (χ2n) is 5.82. The van der Waals surface area contributed by atoms with Crippen LogP contribution in [-0.2, 0) is 0 Å². The van der Waals surface area contributed by atoms with Crippen molar-refractivity contribution in [3.05, 3.63) is 65.5 Å². The molecule has 2 atom stereocenters. The third kappa shape index (κ3) is 2.93. The molecule has 0 spiro atoms. The third-order valence-corrected chi connectivity index (χ3v) is 4.18. The molecule has 0 amide bonds. The fourth-order valence-electron chi connectivity index (χ4n) is 2.93. The van der Waals surface area contributed by atoms with Gasteiger partial charge in [-0.2, -0.15) is 0 Å². The lowest BCUT2D eigenvalue weighted by Crippen LogP contribution is -2.51. The second kappa shape index (κ2) is 5.86. The van der Waals surface area contributed by atoms with Gasteiger partial charge in [-0.3, -0.25) is 0 Å². The Labute approximate surface area is 125 Å². The molecule has 1 aliphatic heterocycles. The largest absolute Gasteiger partial charge is 0.362 e. The number of anilines is 1. The van der Waals surface area contributed by atoms with Crippen molar-refractivity contribution in [2.45, 2.75) is 25.9 Å². The molecule has 1 fully saturated rings. The van der Waals surface area contributed by atoms with Crippen LogP contribution in [0.1, 0.15) is 24.1 Å². The summed E-state index contributed by atoms with van der Waals surface area (Å²) in [6.45, 7) is 5.72. The monoisotopic (exact) mass is 284 g/mol. The Balaban J connectivity index is 1.96. The van der Waals surface area contributed by atoms with Gasteiger partial charge in [0.1, 0.15) is 5.82 Å². The molecule has 2 aromatic rings. The highest BCUT2D eigenvalue weighted by molar-refractivity contribution is 5.51. The van der Waals surface area contributed by atoms with Crippen LogP contribution in [0.25, 0.3) is 0 Å². The fourth-order valence-corrected chi connectivity index (χ4v) is 2.93. The van der Waals surface area contributed by atoms with Crippen LogP contribution in [0.4, 0.5) is 10.1 Å². The van der Waals surface area contributed by atoms with E-state index in [-0.39, 0.29) is 11.9 Å². The Morgan fingerprint density at radius 1 is 1.14 bits per heavy atom. The maximum Gasteiger partial charge on any atom is 0.128 e. The molecule has 21 heavy (non-hydrogen) atoms. The summed E-state index contributed by atoms with van der Waals surface area (Å²) in [6.07, 6.45) is 0. The fraction of sp³-hybridized carbons (Fsp3) is 0.333. The summed E-state index contributed by atoms with van der Waals surface area (Å²) in [5.41, 5.74) is 2.91. The highest BCUT2D eigenvalue weighted by atomic mass is 19.1. The molecule has 1 aliphatic rings. The minimum Gasteiger partial charge on any atom is -0.362 e. The summed E-state index contributed by atoms with van der Waals surface area (Å²) >= 11 is 0. The van der Waals surface area contributed by atoms with Crippen LogP contribution in [-0.4, -0.2) is 19.1 Å². The number of benzene rings is 2. The number of piperazine rings is 1. The molecule has 2 nitrogen and oxygen atoms in total. The van der Waals surface area contributed by atoms with Crippen molar-refractivity contribution in [3.63, 3.8) is 0 Å². The highest BCUT2D eigenvalue weighted by Crippen LogP contribution is 2.30. The van der Waals surface area contributed by atoms with E-state index < -0.39 is 0 Å². The van der Waals surface area contributed by atoms with Crippen molar-refractivity contribution >= 4 is 5.69 Å². The Hall–Kier alpha value is -1.87. The van der Waals surface area contributed by atoms with Gasteiger partial charge in [0.15, 0.2) is 0 Å². The van der Waals surface area contributed by atoms with Crippen molar-refractivity contribution in [1.29, 1.82) is 0 Å². The highest BCUT2D eigenvalue weighted by Gasteiger charge is 2.27. The number of hydrogen-bond acceptors (Lipinski definition) is 2. The number of nitrogens with zero attached hydrogens (tertiary/aromatic N) is 1. The summed E-state index contributed by atoms with van der Waals surface area (Å²) < 4.78 is 13.9. The molecular weight excluding hydrogens is 263 g/mol. The van der Waals surface area contributed by atoms with Crippen LogP contribution >= 0.6 is 0 Å². The van der Waals surface area contributed by atoms with Gasteiger partial charge in [-0.1, -0.05) is 36.4 Å². The summed E-state index contributed by atoms with van der Waals surface area (Å²) in [7, 11) is 0. The van der Waals surface area contributed by atoms with E-state index in [1.54, 1.807) is 13.0 Å². The molecule has 2 aromatic carbocycles.